The van der Waals surface area contributed by atoms with E-state index in [2.05, 4.69) is 10.2 Å². The van der Waals surface area contributed by atoms with Crippen molar-refractivity contribution in [2.75, 3.05) is 0 Å². The third-order valence-corrected chi connectivity index (χ3v) is 1.29. The molecule has 0 aliphatic rings. The van der Waals surface area contributed by atoms with Gasteiger partial charge in [0.25, 0.3) is 0 Å². The van der Waals surface area contributed by atoms with Gasteiger partial charge in [-0.1, -0.05) is 0 Å². The predicted molar refractivity (Wildman–Crippen MR) is 40.0 cm³/mol. The molecule has 56 valence electrons. The molecule has 1 unspecified atom stereocenters. The minimum absolute atomic E-state index is 0.136. The summed E-state index contributed by atoms with van der Waals surface area (Å²) in [6.45, 7) is 1.94. The average molecular weight is 160 g/mol. The number of hydrogen-bond acceptors (Lipinski definition) is 2. The third kappa shape index (κ3) is 1.99. The minimum Gasteiger partial charge on any atom is -0.188 e. The lowest BCUT2D eigenvalue weighted by Crippen LogP contribution is -1.99. The highest BCUT2D eigenvalue weighted by atomic mass is 35.5. The molecular weight excluding hydrogens is 150 g/mol. The Hall–Kier alpha value is -0.570. The normalized spacial score (nSPS) is 13.5. The first-order chi connectivity index (χ1) is 4.68. The maximum absolute atomic E-state index is 5.74. The van der Waals surface area contributed by atoms with Gasteiger partial charge in [-0.15, -0.1) is 11.6 Å². The molecule has 0 saturated heterocycles. The Labute approximate surface area is 65.0 Å². The van der Waals surface area contributed by atoms with Gasteiger partial charge in [-0.05, 0) is 6.92 Å². The molecule has 0 N–H and O–H groups in total. The number of rotatable bonds is 2. The molecule has 0 saturated carbocycles. The zero-order chi connectivity index (χ0) is 7.56. The molecular formula is C6H10ClN3. The first-order valence-corrected chi connectivity index (χ1v) is 3.61. The van der Waals surface area contributed by atoms with Crippen molar-refractivity contribution in [1.29, 1.82) is 0 Å². The van der Waals surface area contributed by atoms with E-state index in [9.17, 15) is 0 Å². The fraction of sp³-hybridized carbons (Fsp3) is 0.667. The Morgan fingerprint density at radius 3 is 2.90 bits per heavy atom. The topological polar surface area (TPSA) is 30.7 Å². The molecule has 1 aromatic heterocycles. The van der Waals surface area contributed by atoms with Gasteiger partial charge in [-0.2, -0.15) is 15.0 Å². The summed E-state index contributed by atoms with van der Waals surface area (Å²) in [7, 11) is 1.79. The maximum atomic E-state index is 5.74. The van der Waals surface area contributed by atoms with Crippen molar-refractivity contribution in [3.05, 3.63) is 11.9 Å². The molecule has 3 nitrogen and oxygen atoms in total. The van der Waals surface area contributed by atoms with Crippen molar-refractivity contribution in [3.63, 3.8) is 0 Å². The number of halogens is 1. The quantitative estimate of drug-likeness (QED) is 0.603. The molecule has 0 aromatic carbocycles. The Morgan fingerprint density at radius 2 is 2.50 bits per heavy atom. The van der Waals surface area contributed by atoms with Gasteiger partial charge in [0.05, 0.1) is 11.9 Å². The van der Waals surface area contributed by atoms with E-state index in [0.29, 0.717) is 0 Å². The maximum Gasteiger partial charge on any atom is 0.0841 e. The van der Waals surface area contributed by atoms with Crippen LogP contribution in [0.25, 0.3) is 0 Å². The highest BCUT2D eigenvalue weighted by Crippen LogP contribution is 2.02. The summed E-state index contributed by atoms with van der Waals surface area (Å²) >= 11 is 5.74. The zero-order valence-electron chi connectivity index (χ0n) is 6.08. The van der Waals surface area contributed by atoms with Crippen LogP contribution in [0.3, 0.4) is 0 Å². The predicted octanol–water partition coefficient (Wildman–Crippen LogP) is 0.985. The standard InChI is InChI=1S/C6H10ClN3/c1-5(7)3-6-4-8-10(2)9-6/h4-5H,3H2,1-2H3. The van der Waals surface area contributed by atoms with E-state index < -0.39 is 0 Å². The van der Waals surface area contributed by atoms with Gasteiger partial charge < -0.3 is 0 Å². The van der Waals surface area contributed by atoms with E-state index in [1.54, 1.807) is 13.2 Å². The van der Waals surface area contributed by atoms with E-state index >= 15 is 0 Å². The summed E-state index contributed by atoms with van der Waals surface area (Å²) in [5.74, 6) is 0. The van der Waals surface area contributed by atoms with Crippen molar-refractivity contribution in [2.45, 2.75) is 18.7 Å². The number of nitrogens with zero attached hydrogens (tertiary/aromatic N) is 3. The van der Waals surface area contributed by atoms with Gasteiger partial charge in [0.2, 0.25) is 0 Å². The van der Waals surface area contributed by atoms with Crippen molar-refractivity contribution in [1.82, 2.24) is 15.0 Å². The molecule has 0 bridgehead atoms. The second kappa shape index (κ2) is 3.01. The molecule has 0 radical (unpaired) electrons. The van der Waals surface area contributed by atoms with Crippen molar-refractivity contribution < 1.29 is 0 Å². The number of aromatic nitrogens is 3. The van der Waals surface area contributed by atoms with Crippen LogP contribution in [0.15, 0.2) is 6.20 Å². The molecule has 0 fully saturated rings. The summed E-state index contributed by atoms with van der Waals surface area (Å²) in [4.78, 5) is 1.54. The molecule has 10 heavy (non-hydrogen) atoms. The van der Waals surface area contributed by atoms with Crippen molar-refractivity contribution in [2.24, 2.45) is 7.05 Å². The van der Waals surface area contributed by atoms with Crippen LogP contribution in [-0.4, -0.2) is 20.4 Å². The van der Waals surface area contributed by atoms with Gasteiger partial charge >= 0.3 is 0 Å². The van der Waals surface area contributed by atoms with Gasteiger partial charge in [0.1, 0.15) is 0 Å². The highest BCUT2D eigenvalue weighted by molar-refractivity contribution is 6.20. The summed E-state index contributed by atoms with van der Waals surface area (Å²) < 4.78 is 0. The molecule has 0 amide bonds. The number of aryl methyl sites for hydroxylation is 1. The van der Waals surface area contributed by atoms with Crippen LogP contribution in [-0.2, 0) is 13.5 Å². The SMILES string of the molecule is CC(Cl)Cc1cnn(C)n1. The lowest BCUT2D eigenvalue weighted by molar-refractivity contribution is 0.643. The monoisotopic (exact) mass is 159 g/mol. The van der Waals surface area contributed by atoms with Gasteiger partial charge in [-0.3, -0.25) is 0 Å². The minimum atomic E-state index is 0.136. The summed E-state index contributed by atoms with van der Waals surface area (Å²) in [6.07, 6.45) is 2.52. The molecule has 1 aromatic rings. The Balaban J connectivity index is 2.58. The fourth-order valence-corrected chi connectivity index (χ4v) is 0.928. The number of alkyl halides is 1. The first-order valence-electron chi connectivity index (χ1n) is 3.18. The van der Waals surface area contributed by atoms with Crippen molar-refractivity contribution >= 4 is 11.6 Å². The number of hydrogen-bond donors (Lipinski definition) is 0. The van der Waals surface area contributed by atoms with E-state index in [1.165, 1.54) is 4.80 Å². The van der Waals surface area contributed by atoms with Crippen molar-refractivity contribution in [3.8, 4) is 0 Å². The summed E-state index contributed by atoms with van der Waals surface area (Å²) in [6, 6.07) is 0. The van der Waals surface area contributed by atoms with E-state index in [-0.39, 0.29) is 5.38 Å². The first kappa shape index (κ1) is 7.54. The van der Waals surface area contributed by atoms with Crippen LogP contribution >= 0.6 is 11.6 Å². The second-order valence-corrected chi connectivity index (χ2v) is 3.06. The highest BCUT2D eigenvalue weighted by Gasteiger charge is 2.01. The van der Waals surface area contributed by atoms with E-state index in [0.717, 1.165) is 12.1 Å². The molecule has 4 heteroatoms. The third-order valence-electron chi connectivity index (χ3n) is 1.14. The molecule has 0 spiro atoms. The van der Waals surface area contributed by atoms with E-state index in [1.807, 2.05) is 6.92 Å². The largest absolute Gasteiger partial charge is 0.188 e. The van der Waals surface area contributed by atoms with Crippen LogP contribution in [0.1, 0.15) is 12.6 Å². The average Bonchev–Trinajstić information content (AvgIpc) is 2.13. The Kier molecular flexibility index (Phi) is 2.27. The van der Waals surface area contributed by atoms with E-state index in [4.69, 9.17) is 11.6 Å². The van der Waals surface area contributed by atoms with Crippen LogP contribution < -0.4 is 0 Å². The second-order valence-electron chi connectivity index (χ2n) is 2.31. The Bertz CT molecular complexity index is 207. The van der Waals surface area contributed by atoms with Crippen LogP contribution in [0.5, 0.6) is 0 Å². The smallest absolute Gasteiger partial charge is 0.0841 e. The molecule has 1 atom stereocenters. The summed E-state index contributed by atoms with van der Waals surface area (Å²) in [5, 5.41) is 8.12. The van der Waals surface area contributed by atoms with Crippen LogP contribution in [0.2, 0.25) is 0 Å². The zero-order valence-corrected chi connectivity index (χ0v) is 6.84. The summed E-state index contributed by atoms with van der Waals surface area (Å²) in [5.41, 5.74) is 0.949. The van der Waals surface area contributed by atoms with Gasteiger partial charge in [0, 0.05) is 18.8 Å². The molecule has 1 rings (SSSR count). The van der Waals surface area contributed by atoms with Gasteiger partial charge in [-0.25, -0.2) is 0 Å². The lowest BCUT2D eigenvalue weighted by Gasteiger charge is -1.95. The molecule has 0 aliphatic heterocycles. The molecule has 1 heterocycles. The fourth-order valence-electron chi connectivity index (χ4n) is 0.769. The van der Waals surface area contributed by atoms with Crippen LogP contribution in [0.4, 0.5) is 0 Å². The van der Waals surface area contributed by atoms with Crippen LogP contribution in [0, 0.1) is 0 Å². The lowest BCUT2D eigenvalue weighted by atomic mass is 10.3. The molecule has 0 aliphatic carbocycles. The Morgan fingerprint density at radius 1 is 1.80 bits per heavy atom. The van der Waals surface area contributed by atoms with Gasteiger partial charge in [0.15, 0.2) is 0 Å².